The van der Waals surface area contributed by atoms with E-state index in [0.717, 1.165) is 5.69 Å². The van der Waals surface area contributed by atoms with E-state index in [-0.39, 0.29) is 17.9 Å². The zero-order valence-electron chi connectivity index (χ0n) is 14.0. The van der Waals surface area contributed by atoms with E-state index in [1.54, 1.807) is 12.1 Å². The van der Waals surface area contributed by atoms with Crippen LogP contribution in [0.4, 0.5) is 4.39 Å². The van der Waals surface area contributed by atoms with E-state index in [9.17, 15) is 12.8 Å². The van der Waals surface area contributed by atoms with Crippen molar-refractivity contribution in [2.75, 3.05) is 6.54 Å². The maximum Gasteiger partial charge on any atom is 0.215 e. The van der Waals surface area contributed by atoms with Gasteiger partial charge in [-0.15, -0.1) is 0 Å². The fourth-order valence-corrected chi connectivity index (χ4v) is 4.24. The van der Waals surface area contributed by atoms with Gasteiger partial charge >= 0.3 is 0 Å². The minimum absolute atomic E-state index is 0.184. The van der Waals surface area contributed by atoms with E-state index in [1.165, 1.54) is 43.5 Å². The van der Waals surface area contributed by atoms with Crippen LogP contribution in [-0.2, 0) is 22.3 Å². The summed E-state index contributed by atoms with van der Waals surface area (Å²) in [5.74, 6) is 0.332. The fraction of sp³-hybridized carbons (Fsp3) is 0.500. The first-order valence-corrected chi connectivity index (χ1v) is 10.5. The molecule has 0 atom stereocenters. The van der Waals surface area contributed by atoms with Gasteiger partial charge in [0.15, 0.2) is 0 Å². The summed E-state index contributed by atoms with van der Waals surface area (Å²) in [6.45, 7) is 0.775. The van der Waals surface area contributed by atoms with Crippen LogP contribution in [0.1, 0.15) is 54.5 Å². The molecule has 0 radical (unpaired) electrons. The van der Waals surface area contributed by atoms with Gasteiger partial charge in [0.1, 0.15) is 5.82 Å². The summed E-state index contributed by atoms with van der Waals surface area (Å²) in [5, 5.41) is 4.67. The smallest absolute Gasteiger partial charge is 0.215 e. The second-order valence-electron chi connectivity index (χ2n) is 7.01. The van der Waals surface area contributed by atoms with Crippen LogP contribution in [-0.4, -0.2) is 24.7 Å². The molecule has 7 heteroatoms. The van der Waals surface area contributed by atoms with Crippen LogP contribution in [0.3, 0.4) is 0 Å². The van der Waals surface area contributed by atoms with Crippen molar-refractivity contribution in [3.63, 3.8) is 0 Å². The number of nitrogens with zero attached hydrogens (tertiary/aromatic N) is 2. The third-order valence-corrected chi connectivity index (χ3v) is 6.11. The summed E-state index contributed by atoms with van der Waals surface area (Å²) in [6, 6.07) is 8.15. The number of aromatic nitrogens is 2. The lowest BCUT2D eigenvalue weighted by Crippen LogP contribution is -2.29. The zero-order valence-corrected chi connectivity index (χ0v) is 14.8. The molecular weight excluding hydrogens is 341 g/mol. The maximum absolute atomic E-state index is 13.6. The molecule has 0 aliphatic heterocycles. The van der Waals surface area contributed by atoms with Crippen molar-refractivity contribution < 1.29 is 12.8 Å². The zero-order chi connectivity index (χ0) is 17.4. The van der Waals surface area contributed by atoms with E-state index in [2.05, 4.69) is 15.9 Å². The molecule has 1 aromatic carbocycles. The average molecular weight is 363 g/mol. The van der Waals surface area contributed by atoms with Crippen molar-refractivity contribution in [1.82, 2.24) is 14.5 Å². The summed E-state index contributed by atoms with van der Waals surface area (Å²) in [7, 11) is -3.57. The molecule has 2 saturated carbocycles. The number of nitrogens with one attached hydrogen (secondary N) is 1. The molecule has 1 N–H and O–H groups in total. The molecule has 134 valence electrons. The molecule has 2 aliphatic carbocycles. The van der Waals surface area contributed by atoms with E-state index in [4.69, 9.17) is 0 Å². The van der Waals surface area contributed by atoms with Crippen molar-refractivity contribution in [3.8, 4) is 0 Å². The Morgan fingerprint density at radius 3 is 2.56 bits per heavy atom. The molecule has 0 bridgehead atoms. The monoisotopic (exact) mass is 363 g/mol. The third kappa shape index (κ3) is 4.10. The van der Waals surface area contributed by atoms with E-state index in [1.807, 2.05) is 4.68 Å². The van der Waals surface area contributed by atoms with Crippen LogP contribution in [0.2, 0.25) is 0 Å². The summed E-state index contributed by atoms with van der Waals surface area (Å²) in [4.78, 5) is 0. The van der Waals surface area contributed by atoms with Gasteiger partial charge in [-0.05, 0) is 37.8 Å². The fourth-order valence-electron chi connectivity index (χ4n) is 3.10. The number of hydrogen-bond donors (Lipinski definition) is 1. The van der Waals surface area contributed by atoms with E-state index < -0.39 is 15.8 Å². The highest BCUT2D eigenvalue weighted by molar-refractivity contribution is 7.88. The molecule has 0 unspecified atom stereocenters. The largest absolute Gasteiger partial charge is 0.268 e. The predicted octanol–water partition coefficient (Wildman–Crippen LogP) is 2.90. The van der Waals surface area contributed by atoms with Crippen molar-refractivity contribution in [3.05, 3.63) is 53.1 Å². The molecule has 0 amide bonds. The van der Waals surface area contributed by atoms with Crippen LogP contribution in [0.5, 0.6) is 0 Å². The second kappa shape index (κ2) is 6.53. The predicted molar refractivity (Wildman–Crippen MR) is 93.2 cm³/mol. The van der Waals surface area contributed by atoms with E-state index >= 15 is 0 Å². The molecule has 5 nitrogen and oxygen atoms in total. The Morgan fingerprint density at radius 1 is 1.16 bits per heavy atom. The molecule has 0 spiro atoms. The Labute approximate surface area is 147 Å². The van der Waals surface area contributed by atoms with Gasteiger partial charge in [0, 0.05) is 29.6 Å². The molecule has 2 aromatic rings. The van der Waals surface area contributed by atoms with Gasteiger partial charge in [0.2, 0.25) is 10.0 Å². The summed E-state index contributed by atoms with van der Waals surface area (Å²) in [5.41, 5.74) is 2.56. The van der Waals surface area contributed by atoms with Crippen LogP contribution in [0, 0.1) is 5.82 Å². The van der Waals surface area contributed by atoms with Gasteiger partial charge < -0.3 is 0 Å². The van der Waals surface area contributed by atoms with Crippen molar-refractivity contribution >= 4 is 10.0 Å². The number of halogens is 1. The first-order chi connectivity index (χ1) is 12.0. The SMILES string of the molecule is O=S(=O)(Cc1ccccc1F)NCCn1nc(C2CC2)cc1C1CC1. The number of benzene rings is 1. The summed E-state index contributed by atoms with van der Waals surface area (Å²) >= 11 is 0. The summed E-state index contributed by atoms with van der Waals surface area (Å²) in [6.07, 6.45) is 4.79. The minimum atomic E-state index is -3.57. The highest BCUT2D eigenvalue weighted by atomic mass is 32.2. The maximum atomic E-state index is 13.6. The molecule has 2 fully saturated rings. The van der Waals surface area contributed by atoms with Crippen molar-refractivity contribution in [2.45, 2.75) is 49.8 Å². The lowest BCUT2D eigenvalue weighted by Gasteiger charge is -2.09. The molecule has 25 heavy (non-hydrogen) atoms. The van der Waals surface area contributed by atoms with E-state index in [0.29, 0.717) is 18.4 Å². The van der Waals surface area contributed by atoms with Gasteiger partial charge in [0.05, 0.1) is 18.0 Å². The normalized spacial score (nSPS) is 17.8. The van der Waals surface area contributed by atoms with Gasteiger partial charge in [-0.25, -0.2) is 17.5 Å². The molecule has 0 saturated heterocycles. The van der Waals surface area contributed by atoms with Crippen LogP contribution < -0.4 is 4.72 Å². The van der Waals surface area contributed by atoms with Crippen molar-refractivity contribution in [1.29, 1.82) is 0 Å². The highest BCUT2D eigenvalue weighted by Crippen LogP contribution is 2.44. The van der Waals surface area contributed by atoms with Gasteiger partial charge in [-0.2, -0.15) is 5.10 Å². The summed E-state index contributed by atoms with van der Waals surface area (Å²) < 4.78 is 42.5. The molecule has 1 aromatic heterocycles. The number of hydrogen-bond acceptors (Lipinski definition) is 3. The standard InChI is InChI=1S/C18H22FN3O2S/c19-16-4-2-1-3-15(16)12-25(23,24)20-9-10-22-18(14-7-8-14)11-17(21-22)13-5-6-13/h1-4,11,13-14,20H,5-10,12H2. The van der Waals surface area contributed by atoms with Crippen molar-refractivity contribution in [2.24, 2.45) is 0 Å². The first kappa shape index (κ1) is 16.7. The third-order valence-electron chi connectivity index (χ3n) is 4.77. The molecule has 2 aliphatic rings. The Balaban J connectivity index is 1.38. The van der Waals surface area contributed by atoms with Gasteiger partial charge in [-0.1, -0.05) is 18.2 Å². The molecule has 1 heterocycles. The van der Waals surface area contributed by atoms with Crippen LogP contribution in [0.15, 0.2) is 30.3 Å². The van der Waals surface area contributed by atoms with Gasteiger partial charge in [-0.3, -0.25) is 4.68 Å². The Bertz CT molecular complexity index is 870. The minimum Gasteiger partial charge on any atom is -0.268 e. The van der Waals surface area contributed by atoms with Crippen LogP contribution in [0.25, 0.3) is 0 Å². The molecule has 4 rings (SSSR count). The lowest BCUT2D eigenvalue weighted by atomic mass is 10.2. The quantitative estimate of drug-likeness (QED) is 0.784. The lowest BCUT2D eigenvalue weighted by molar-refractivity contribution is 0.545. The Kier molecular flexibility index (Phi) is 4.37. The number of rotatable bonds is 8. The molecular formula is C18H22FN3O2S. The Hall–Kier alpha value is -1.73. The Morgan fingerprint density at radius 2 is 1.88 bits per heavy atom. The number of sulfonamides is 1. The first-order valence-electron chi connectivity index (χ1n) is 8.80. The second-order valence-corrected chi connectivity index (χ2v) is 8.82. The highest BCUT2D eigenvalue weighted by Gasteiger charge is 2.32. The average Bonchev–Trinajstić information content (AvgIpc) is 3.48. The van der Waals surface area contributed by atoms with Crippen LogP contribution >= 0.6 is 0 Å². The van der Waals surface area contributed by atoms with Gasteiger partial charge in [0.25, 0.3) is 0 Å². The topological polar surface area (TPSA) is 64.0 Å².